The molecule has 3 aromatic rings. The number of ether oxygens (including phenoxy) is 1. The maximum atomic E-state index is 13.4. The van der Waals surface area contributed by atoms with E-state index < -0.39 is 11.0 Å². The van der Waals surface area contributed by atoms with Crippen molar-refractivity contribution in [2.45, 2.75) is 52.2 Å². The lowest BCUT2D eigenvalue weighted by Crippen LogP contribution is -2.44. The molecular formula is C24H28N4O3S. The van der Waals surface area contributed by atoms with E-state index in [0.29, 0.717) is 19.4 Å². The highest BCUT2D eigenvalue weighted by molar-refractivity contribution is 7.09. The van der Waals surface area contributed by atoms with E-state index >= 15 is 0 Å². The molecule has 32 heavy (non-hydrogen) atoms. The summed E-state index contributed by atoms with van der Waals surface area (Å²) in [6, 6.07) is 7.99. The third-order valence-corrected chi connectivity index (χ3v) is 6.36. The van der Waals surface area contributed by atoms with Crippen molar-refractivity contribution >= 4 is 23.2 Å². The van der Waals surface area contributed by atoms with Crippen molar-refractivity contribution < 1.29 is 14.3 Å². The van der Waals surface area contributed by atoms with Crippen LogP contribution in [0, 0.1) is 5.41 Å². The molecule has 2 heterocycles. The number of thiazole rings is 1. The van der Waals surface area contributed by atoms with Crippen LogP contribution in [0.3, 0.4) is 0 Å². The largest absolute Gasteiger partial charge is 0.460 e. The SMILES string of the molecule is Cn1cc(-c2csc(CNC(=O)C3(CC(=O)OC(C)(C)C)Cc4ccccc4C3)n2)cn1. The number of hydrogen-bond donors (Lipinski definition) is 1. The number of fused-ring (bicyclic) bond motifs is 1. The summed E-state index contributed by atoms with van der Waals surface area (Å²) < 4.78 is 7.28. The first-order chi connectivity index (χ1) is 15.1. The lowest BCUT2D eigenvalue weighted by atomic mass is 9.80. The molecule has 1 aromatic carbocycles. The second-order valence-corrected chi connectivity index (χ2v) is 10.3. The molecule has 0 saturated heterocycles. The van der Waals surface area contributed by atoms with Crippen molar-refractivity contribution in [2.24, 2.45) is 12.5 Å². The van der Waals surface area contributed by atoms with E-state index in [1.54, 1.807) is 10.9 Å². The van der Waals surface area contributed by atoms with Gasteiger partial charge in [-0.05, 0) is 44.7 Å². The molecule has 1 amide bonds. The first-order valence-electron chi connectivity index (χ1n) is 10.6. The van der Waals surface area contributed by atoms with Gasteiger partial charge in [-0.2, -0.15) is 5.10 Å². The summed E-state index contributed by atoms with van der Waals surface area (Å²) >= 11 is 1.49. The Morgan fingerprint density at radius 2 is 1.91 bits per heavy atom. The summed E-state index contributed by atoms with van der Waals surface area (Å²) in [5, 5.41) is 9.98. The average Bonchev–Trinajstić information content (AvgIpc) is 3.42. The monoisotopic (exact) mass is 452 g/mol. The second-order valence-electron chi connectivity index (χ2n) is 9.38. The van der Waals surface area contributed by atoms with E-state index in [4.69, 9.17) is 4.74 Å². The van der Waals surface area contributed by atoms with Crippen molar-refractivity contribution in [3.63, 3.8) is 0 Å². The van der Waals surface area contributed by atoms with E-state index in [1.807, 2.05) is 63.7 Å². The molecule has 1 aliphatic carbocycles. The van der Waals surface area contributed by atoms with Crippen LogP contribution in [0.2, 0.25) is 0 Å². The molecule has 0 aliphatic heterocycles. The Morgan fingerprint density at radius 3 is 2.50 bits per heavy atom. The third-order valence-electron chi connectivity index (χ3n) is 5.51. The van der Waals surface area contributed by atoms with Crippen LogP contribution in [0.15, 0.2) is 42.0 Å². The molecule has 0 atom stereocenters. The lowest BCUT2D eigenvalue weighted by molar-refractivity contribution is -0.160. The lowest BCUT2D eigenvalue weighted by Gasteiger charge is -2.29. The van der Waals surface area contributed by atoms with E-state index in [1.165, 1.54) is 11.3 Å². The van der Waals surface area contributed by atoms with Crippen LogP contribution < -0.4 is 5.32 Å². The normalized spacial score (nSPS) is 14.8. The number of nitrogens with one attached hydrogen (secondary N) is 1. The van der Waals surface area contributed by atoms with E-state index in [2.05, 4.69) is 15.4 Å². The van der Waals surface area contributed by atoms with Gasteiger partial charge >= 0.3 is 5.97 Å². The molecular weight excluding hydrogens is 424 g/mol. The maximum absolute atomic E-state index is 13.4. The summed E-state index contributed by atoms with van der Waals surface area (Å²) in [5.74, 6) is -0.494. The summed E-state index contributed by atoms with van der Waals surface area (Å²) in [6.07, 6.45) is 4.76. The number of aromatic nitrogens is 3. The molecule has 0 spiro atoms. The van der Waals surface area contributed by atoms with Gasteiger partial charge in [-0.3, -0.25) is 14.3 Å². The Balaban J connectivity index is 1.48. The fraction of sp³-hybridized carbons (Fsp3) is 0.417. The van der Waals surface area contributed by atoms with Gasteiger partial charge in [0, 0.05) is 24.2 Å². The van der Waals surface area contributed by atoms with Crippen LogP contribution in [0.25, 0.3) is 11.3 Å². The van der Waals surface area contributed by atoms with Gasteiger partial charge in [0.05, 0.1) is 30.3 Å². The summed E-state index contributed by atoms with van der Waals surface area (Å²) in [6.45, 7) is 5.83. The fourth-order valence-corrected chi connectivity index (χ4v) is 4.88. The van der Waals surface area contributed by atoms with Crippen molar-refractivity contribution in [3.05, 3.63) is 58.2 Å². The molecule has 8 heteroatoms. The predicted molar refractivity (Wildman–Crippen MR) is 123 cm³/mol. The third kappa shape index (κ3) is 4.91. The highest BCUT2D eigenvalue weighted by Gasteiger charge is 2.46. The van der Waals surface area contributed by atoms with Crippen molar-refractivity contribution in [1.29, 1.82) is 0 Å². The van der Waals surface area contributed by atoms with Crippen LogP contribution in [0.1, 0.15) is 43.3 Å². The fourth-order valence-electron chi connectivity index (χ4n) is 4.14. The molecule has 4 rings (SSSR count). The predicted octanol–water partition coefficient (Wildman–Crippen LogP) is 3.68. The van der Waals surface area contributed by atoms with Crippen molar-refractivity contribution in [3.8, 4) is 11.3 Å². The number of carbonyl (C=O) groups excluding carboxylic acids is 2. The quantitative estimate of drug-likeness (QED) is 0.577. The number of hydrogen-bond acceptors (Lipinski definition) is 6. The zero-order valence-electron chi connectivity index (χ0n) is 18.8. The van der Waals surface area contributed by atoms with Crippen molar-refractivity contribution in [1.82, 2.24) is 20.1 Å². The number of nitrogens with zero attached hydrogens (tertiary/aromatic N) is 3. The standard InChI is InChI=1S/C24H28N4O3S/c1-23(2,3)31-21(29)11-24(9-16-7-5-6-8-17(16)10-24)22(30)25-13-20-27-19(15-32-20)18-12-26-28(4)14-18/h5-8,12,14-15H,9-11,13H2,1-4H3,(H,25,30). The van der Waals surface area contributed by atoms with E-state index in [0.717, 1.165) is 27.4 Å². The molecule has 0 bridgehead atoms. The summed E-state index contributed by atoms with van der Waals surface area (Å²) in [4.78, 5) is 30.7. The van der Waals surface area contributed by atoms with Gasteiger partial charge in [0.25, 0.3) is 0 Å². The van der Waals surface area contributed by atoms with Gasteiger partial charge in [0.2, 0.25) is 5.91 Å². The van der Waals surface area contributed by atoms with Gasteiger partial charge in [-0.25, -0.2) is 4.98 Å². The maximum Gasteiger partial charge on any atom is 0.307 e. The topological polar surface area (TPSA) is 86.1 Å². The zero-order chi connectivity index (χ0) is 22.9. The Kier molecular flexibility index (Phi) is 5.90. The molecule has 0 fully saturated rings. The minimum Gasteiger partial charge on any atom is -0.460 e. The molecule has 168 valence electrons. The van der Waals surface area contributed by atoms with Crippen LogP contribution in [0.4, 0.5) is 0 Å². The average molecular weight is 453 g/mol. The minimum atomic E-state index is -0.852. The second kappa shape index (κ2) is 8.50. The number of amides is 1. The van der Waals surface area contributed by atoms with Gasteiger partial charge in [-0.15, -0.1) is 11.3 Å². The van der Waals surface area contributed by atoms with Crippen molar-refractivity contribution in [2.75, 3.05) is 0 Å². The highest BCUT2D eigenvalue weighted by atomic mass is 32.1. The number of carbonyl (C=O) groups is 2. The molecule has 1 N–H and O–H groups in total. The molecule has 0 saturated carbocycles. The molecule has 0 radical (unpaired) electrons. The van der Waals surface area contributed by atoms with Crippen LogP contribution >= 0.6 is 11.3 Å². The molecule has 0 unspecified atom stereocenters. The van der Waals surface area contributed by atoms with E-state index in [-0.39, 0.29) is 18.3 Å². The highest BCUT2D eigenvalue weighted by Crippen LogP contribution is 2.40. The summed E-state index contributed by atoms with van der Waals surface area (Å²) in [5.41, 5.74) is 2.55. The van der Waals surface area contributed by atoms with E-state index in [9.17, 15) is 9.59 Å². The first kappa shape index (κ1) is 22.2. The Bertz CT molecular complexity index is 1120. The number of rotatable bonds is 6. The van der Waals surface area contributed by atoms with Crippen LogP contribution in [0.5, 0.6) is 0 Å². The first-order valence-corrected chi connectivity index (χ1v) is 11.5. The molecule has 2 aromatic heterocycles. The minimum absolute atomic E-state index is 0.0452. The Labute approximate surface area is 191 Å². The smallest absolute Gasteiger partial charge is 0.307 e. The van der Waals surface area contributed by atoms with Gasteiger partial charge in [-0.1, -0.05) is 24.3 Å². The number of esters is 1. The Hall–Kier alpha value is -3.00. The van der Waals surface area contributed by atoms with Gasteiger partial charge in [0.15, 0.2) is 0 Å². The van der Waals surface area contributed by atoms with Crippen LogP contribution in [-0.2, 0) is 40.8 Å². The summed E-state index contributed by atoms with van der Waals surface area (Å²) in [7, 11) is 1.86. The Morgan fingerprint density at radius 1 is 1.22 bits per heavy atom. The molecule has 7 nitrogen and oxygen atoms in total. The van der Waals surface area contributed by atoms with Gasteiger partial charge < -0.3 is 10.1 Å². The molecule has 1 aliphatic rings. The van der Waals surface area contributed by atoms with Gasteiger partial charge in [0.1, 0.15) is 10.6 Å². The number of aryl methyl sites for hydroxylation is 1. The number of benzene rings is 1. The zero-order valence-corrected chi connectivity index (χ0v) is 19.7. The van der Waals surface area contributed by atoms with Crippen LogP contribution in [-0.4, -0.2) is 32.2 Å².